The number of amides is 2. The van der Waals surface area contributed by atoms with Crippen LogP contribution >= 0.6 is 22.9 Å². The molecule has 154 valence electrons. The zero-order valence-electron chi connectivity index (χ0n) is 16.7. The van der Waals surface area contributed by atoms with Crippen molar-refractivity contribution in [3.05, 3.63) is 39.4 Å². The van der Waals surface area contributed by atoms with E-state index in [1.807, 2.05) is 24.0 Å². The van der Waals surface area contributed by atoms with E-state index in [0.717, 1.165) is 67.5 Å². The van der Waals surface area contributed by atoms with Crippen LogP contribution in [-0.4, -0.2) is 47.9 Å². The maximum atomic E-state index is 12.8. The zero-order valence-corrected chi connectivity index (χ0v) is 18.3. The third-order valence-electron chi connectivity index (χ3n) is 5.73. The highest BCUT2D eigenvalue weighted by Crippen LogP contribution is 2.35. The van der Waals surface area contributed by atoms with Crippen LogP contribution in [0.3, 0.4) is 0 Å². The number of aryl methyl sites for hydroxylation is 2. The molecule has 1 aromatic carbocycles. The fraction of sp³-hybridized carbons (Fsp3) is 0.476. The van der Waals surface area contributed by atoms with Gasteiger partial charge < -0.3 is 15.1 Å². The molecule has 2 heterocycles. The minimum Gasteiger partial charge on any atom is -0.345 e. The highest BCUT2D eigenvalue weighted by molar-refractivity contribution is 7.15. The number of nitrogens with one attached hydrogen (secondary N) is 1. The number of benzene rings is 1. The Morgan fingerprint density at radius 2 is 2.00 bits per heavy atom. The fourth-order valence-electron chi connectivity index (χ4n) is 3.85. The molecule has 6 nitrogen and oxygen atoms in total. The highest BCUT2D eigenvalue weighted by Gasteiger charge is 2.29. The third-order valence-corrected chi connectivity index (χ3v) is 7.32. The van der Waals surface area contributed by atoms with Gasteiger partial charge in [0.2, 0.25) is 11.8 Å². The van der Waals surface area contributed by atoms with Crippen LogP contribution in [0.1, 0.15) is 29.5 Å². The Kier molecular flexibility index (Phi) is 5.79. The van der Waals surface area contributed by atoms with E-state index in [-0.39, 0.29) is 17.7 Å². The molecule has 2 aromatic rings. The summed E-state index contributed by atoms with van der Waals surface area (Å²) in [6.45, 7) is 6.66. The number of carbonyl (C=O) groups excluding carboxylic acids is 2. The van der Waals surface area contributed by atoms with Crippen LogP contribution in [0.5, 0.6) is 0 Å². The summed E-state index contributed by atoms with van der Waals surface area (Å²) in [5.74, 6) is 0.123. The van der Waals surface area contributed by atoms with E-state index < -0.39 is 0 Å². The van der Waals surface area contributed by atoms with Gasteiger partial charge in [-0.05, 0) is 43.9 Å². The van der Waals surface area contributed by atoms with Crippen LogP contribution in [0.15, 0.2) is 18.2 Å². The van der Waals surface area contributed by atoms with Crippen molar-refractivity contribution in [3.8, 4) is 0 Å². The smallest absolute Gasteiger partial charge is 0.227 e. The first kappa shape index (κ1) is 20.2. The second-order valence-corrected chi connectivity index (χ2v) is 9.22. The van der Waals surface area contributed by atoms with Crippen LogP contribution in [0.4, 0.5) is 10.8 Å². The molecule has 1 aliphatic carbocycles. The summed E-state index contributed by atoms with van der Waals surface area (Å²) in [4.78, 5) is 34.5. The molecule has 2 amide bonds. The number of thiazole rings is 1. The number of hydrogen-bond donors (Lipinski definition) is 1. The van der Waals surface area contributed by atoms with Gasteiger partial charge in [0.15, 0.2) is 5.13 Å². The molecular weight excluding hydrogens is 408 g/mol. The zero-order chi connectivity index (χ0) is 20.5. The van der Waals surface area contributed by atoms with Crippen molar-refractivity contribution in [1.29, 1.82) is 0 Å². The van der Waals surface area contributed by atoms with E-state index in [9.17, 15) is 9.59 Å². The lowest BCUT2D eigenvalue weighted by atomic mass is 9.90. The summed E-state index contributed by atoms with van der Waals surface area (Å²) >= 11 is 7.86. The first-order valence-electron chi connectivity index (χ1n) is 9.97. The average Bonchev–Trinajstić information content (AvgIpc) is 3.14. The van der Waals surface area contributed by atoms with Crippen molar-refractivity contribution >= 4 is 45.6 Å². The van der Waals surface area contributed by atoms with Crippen molar-refractivity contribution in [2.75, 3.05) is 36.4 Å². The number of halogens is 1. The maximum absolute atomic E-state index is 12.8. The topological polar surface area (TPSA) is 65.5 Å². The van der Waals surface area contributed by atoms with E-state index in [1.165, 1.54) is 4.88 Å². The highest BCUT2D eigenvalue weighted by atomic mass is 35.5. The van der Waals surface area contributed by atoms with Crippen LogP contribution < -0.4 is 10.2 Å². The molecule has 1 aromatic heterocycles. The molecule has 4 rings (SSSR count). The van der Waals surface area contributed by atoms with Crippen molar-refractivity contribution in [2.24, 2.45) is 5.92 Å². The molecule has 0 bridgehead atoms. The lowest BCUT2D eigenvalue weighted by Gasteiger charge is -2.33. The van der Waals surface area contributed by atoms with Crippen molar-refractivity contribution in [2.45, 2.75) is 33.1 Å². The molecule has 8 heteroatoms. The normalized spacial score (nSPS) is 19.1. The van der Waals surface area contributed by atoms with Gasteiger partial charge in [-0.15, -0.1) is 11.3 Å². The Balaban J connectivity index is 1.39. The van der Waals surface area contributed by atoms with Gasteiger partial charge in [-0.3, -0.25) is 9.59 Å². The van der Waals surface area contributed by atoms with Crippen LogP contribution in [0, 0.1) is 12.8 Å². The van der Waals surface area contributed by atoms with Gasteiger partial charge in [0.1, 0.15) is 0 Å². The van der Waals surface area contributed by atoms with E-state index in [4.69, 9.17) is 16.6 Å². The average molecular weight is 433 g/mol. The van der Waals surface area contributed by atoms with Gasteiger partial charge >= 0.3 is 0 Å². The van der Waals surface area contributed by atoms with Gasteiger partial charge in [-0.2, -0.15) is 0 Å². The number of carbonyl (C=O) groups is 2. The Hall–Kier alpha value is -2.12. The monoisotopic (exact) mass is 432 g/mol. The number of aromatic nitrogens is 1. The summed E-state index contributed by atoms with van der Waals surface area (Å²) in [5.41, 5.74) is 2.86. The molecule has 1 N–H and O–H groups in total. The van der Waals surface area contributed by atoms with E-state index in [0.29, 0.717) is 5.02 Å². The maximum Gasteiger partial charge on any atom is 0.227 e. The first-order valence-corrected chi connectivity index (χ1v) is 11.2. The minimum absolute atomic E-state index is 0.0422. The first-order chi connectivity index (χ1) is 13.9. The summed E-state index contributed by atoms with van der Waals surface area (Å²) in [6.07, 6.45) is 2.36. The van der Waals surface area contributed by atoms with E-state index in [2.05, 4.69) is 10.2 Å². The predicted octanol–water partition coefficient (Wildman–Crippen LogP) is 3.52. The largest absolute Gasteiger partial charge is 0.345 e. The van der Waals surface area contributed by atoms with Gasteiger partial charge in [0.25, 0.3) is 0 Å². The SMILES string of the molecule is CC(=O)N1CCN(c2nc3c(s2)CC(C(=O)Nc2ccc(C)c(Cl)c2)CC3)CC1. The number of anilines is 2. The van der Waals surface area contributed by atoms with Crippen LogP contribution in [-0.2, 0) is 22.4 Å². The van der Waals surface area contributed by atoms with Crippen molar-refractivity contribution in [1.82, 2.24) is 9.88 Å². The second kappa shape index (κ2) is 8.32. The van der Waals surface area contributed by atoms with Gasteiger partial charge in [0, 0.05) is 54.6 Å². The molecule has 0 radical (unpaired) electrons. The Morgan fingerprint density at radius 3 is 2.69 bits per heavy atom. The van der Waals surface area contributed by atoms with Gasteiger partial charge in [-0.25, -0.2) is 4.98 Å². The lowest BCUT2D eigenvalue weighted by molar-refractivity contribution is -0.129. The van der Waals surface area contributed by atoms with Gasteiger partial charge in [0.05, 0.1) is 5.69 Å². The molecule has 1 atom stereocenters. The van der Waals surface area contributed by atoms with Gasteiger partial charge in [-0.1, -0.05) is 17.7 Å². The van der Waals surface area contributed by atoms with Crippen LogP contribution in [0.2, 0.25) is 5.02 Å². The lowest BCUT2D eigenvalue weighted by Crippen LogP contribution is -2.48. The summed E-state index contributed by atoms with van der Waals surface area (Å²) in [5, 5.41) is 4.69. The number of fused-ring (bicyclic) bond motifs is 1. The van der Waals surface area contributed by atoms with Crippen molar-refractivity contribution < 1.29 is 9.59 Å². The Bertz CT molecular complexity index is 937. The minimum atomic E-state index is -0.0505. The number of hydrogen-bond acceptors (Lipinski definition) is 5. The Morgan fingerprint density at radius 1 is 1.24 bits per heavy atom. The second-order valence-electron chi connectivity index (χ2n) is 7.75. The van der Waals surface area contributed by atoms with Crippen LogP contribution in [0.25, 0.3) is 0 Å². The number of piperazine rings is 1. The Labute approximate surface area is 179 Å². The molecule has 1 fully saturated rings. The molecule has 29 heavy (non-hydrogen) atoms. The van der Waals surface area contributed by atoms with Crippen molar-refractivity contribution in [3.63, 3.8) is 0 Å². The number of rotatable bonds is 3. The molecule has 0 saturated carbocycles. The molecule has 1 aliphatic heterocycles. The fourth-order valence-corrected chi connectivity index (χ4v) is 5.27. The third kappa shape index (κ3) is 4.41. The molecular formula is C21H25ClN4O2S. The molecule has 1 unspecified atom stereocenters. The standard InChI is InChI=1S/C21H25ClN4O2S/c1-13-3-5-16(12-17(13)22)23-20(28)15-4-6-18-19(11-15)29-21(24-18)26-9-7-25(8-10-26)14(2)27/h3,5,12,15H,4,6-11H2,1-2H3,(H,23,28). The summed E-state index contributed by atoms with van der Waals surface area (Å²) in [6, 6.07) is 5.60. The summed E-state index contributed by atoms with van der Waals surface area (Å²) in [7, 11) is 0. The summed E-state index contributed by atoms with van der Waals surface area (Å²) < 4.78 is 0. The quantitative estimate of drug-likeness (QED) is 0.805. The molecule has 0 spiro atoms. The molecule has 2 aliphatic rings. The predicted molar refractivity (Wildman–Crippen MR) is 117 cm³/mol. The van der Waals surface area contributed by atoms with E-state index in [1.54, 1.807) is 24.3 Å². The molecule has 1 saturated heterocycles. The number of nitrogens with zero attached hydrogens (tertiary/aromatic N) is 3. The van der Waals surface area contributed by atoms with E-state index >= 15 is 0 Å².